The van der Waals surface area contributed by atoms with E-state index in [9.17, 15) is 4.79 Å². The van der Waals surface area contributed by atoms with Gasteiger partial charge in [-0.15, -0.1) is 0 Å². The van der Waals surface area contributed by atoms with E-state index in [1.165, 1.54) is 27.2 Å². The number of nitrogens with zero attached hydrogens (tertiary/aromatic N) is 5. The standard InChI is InChI=1S/C28H34FN7O3/c1-17(37)30-22-15-18(14-21(29)25(22)35(4)13-12-34(2)3)31-28-32-24(26(38-6)27(33-28)39-7)20-16-36(5)23-11-9-8-10-19(20)23/h8-11,14-16H,12-13H2,1-7H3,(H,30,37)(H,31,32,33). The maximum Gasteiger partial charge on any atom is 0.262 e. The third-order valence-electron chi connectivity index (χ3n) is 6.28. The van der Waals surface area contributed by atoms with Crippen molar-refractivity contribution >= 4 is 39.8 Å². The van der Waals surface area contributed by atoms with Gasteiger partial charge >= 0.3 is 0 Å². The Morgan fingerprint density at radius 1 is 1.08 bits per heavy atom. The Morgan fingerprint density at radius 2 is 1.82 bits per heavy atom. The van der Waals surface area contributed by atoms with E-state index in [-0.39, 0.29) is 17.7 Å². The number of nitrogens with one attached hydrogen (secondary N) is 2. The van der Waals surface area contributed by atoms with Crippen LogP contribution in [-0.2, 0) is 11.8 Å². The van der Waals surface area contributed by atoms with E-state index in [2.05, 4.69) is 15.6 Å². The van der Waals surface area contributed by atoms with Gasteiger partial charge in [0.15, 0.2) is 5.82 Å². The van der Waals surface area contributed by atoms with Gasteiger partial charge in [0.05, 0.1) is 25.6 Å². The third-order valence-corrected chi connectivity index (χ3v) is 6.28. The van der Waals surface area contributed by atoms with Crippen molar-refractivity contribution in [1.82, 2.24) is 19.4 Å². The van der Waals surface area contributed by atoms with Gasteiger partial charge in [0.2, 0.25) is 17.6 Å². The number of rotatable bonds is 10. The summed E-state index contributed by atoms with van der Waals surface area (Å²) in [6.07, 6.45) is 1.96. The Bertz CT molecular complexity index is 1500. The highest BCUT2D eigenvalue weighted by atomic mass is 19.1. The maximum absolute atomic E-state index is 15.5. The van der Waals surface area contributed by atoms with Gasteiger partial charge in [-0.1, -0.05) is 18.2 Å². The number of hydrogen-bond acceptors (Lipinski definition) is 8. The van der Waals surface area contributed by atoms with Crippen LogP contribution in [0.1, 0.15) is 6.92 Å². The lowest BCUT2D eigenvalue weighted by atomic mass is 10.1. The second-order valence-electron chi connectivity index (χ2n) is 9.49. The lowest BCUT2D eigenvalue weighted by Gasteiger charge is -2.25. The number of hydrogen-bond donors (Lipinski definition) is 2. The van der Waals surface area contributed by atoms with Crippen LogP contribution in [0.15, 0.2) is 42.6 Å². The number of methoxy groups -OCH3 is 2. The van der Waals surface area contributed by atoms with Crippen molar-refractivity contribution in [3.05, 3.63) is 48.4 Å². The van der Waals surface area contributed by atoms with Gasteiger partial charge in [-0.05, 0) is 32.3 Å². The number of aryl methyl sites for hydroxylation is 1. The van der Waals surface area contributed by atoms with Crippen LogP contribution in [0.25, 0.3) is 22.2 Å². The summed E-state index contributed by atoms with van der Waals surface area (Å²) in [5.74, 6) is -0.0328. The minimum Gasteiger partial charge on any atom is -0.490 e. The number of carbonyl (C=O) groups excluding carboxylic acids is 1. The molecule has 0 fully saturated rings. The van der Waals surface area contributed by atoms with E-state index < -0.39 is 5.82 Å². The van der Waals surface area contributed by atoms with Crippen LogP contribution in [0.2, 0.25) is 0 Å². The molecule has 0 aliphatic heterocycles. The Balaban J connectivity index is 1.79. The van der Waals surface area contributed by atoms with E-state index in [1.54, 1.807) is 18.0 Å². The molecule has 4 aromatic rings. The molecular weight excluding hydrogens is 501 g/mol. The molecule has 0 aliphatic carbocycles. The molecule has 2 heterocycles. The molecule has 0 saturated heterocycles. The van der Waals surface area contributed by atoms with E-state index in [0.717, 1.165) is 16.5 Å². The Hall–Kier alpha value is -4.38. The Kier molecular flexibility index (Phi) is 8.20. The number of ether oxygens (including phenoxy) is 2. The van der Waals surface area contributed by atoms with E-state index in [1.807, 2.05) is 61.1 Å². The van der Waals surface area contributed by atoms with E-state index in [4.69, 9.17) is 14.5 Å². The summed E-state index contributed by atoms with van der Waals surface area (Å²) in [6.45, 7) is 2.66. The fraction of sp³-hybridized carbons (Fsp3) is 0.321. The number of carbonyl (C=O) groups is 1. The highest BCUT2D eigenvalue weighted by Gasteiger charge is 2.22. The minimum absolute atomic E-state index is 0.178. The molecule has 0 saturated carbocycles. The third kappa shape index (κ3) is 5.88. The highest BCUT2D eigenvalue weighted by molar-refractivity contribution is 5.97. The average molecular weight is 536 g/mol. The topological polar surface area (TPSA) is 96.8 Å². The van der Waals surface area contributed by atoms with Gasteiger partial charge in [-0.2, -0.15) is 4.98 Å². The number of amides is 1. The van der Waals surface area contributed by atoms with Crippen LogP contribution >= 0.6 is 0 Å². The first-order valence-corrected chi connectivity index (χ1v) is 12.4. The van der Waals surface area contributed by atoms with E-state index >= 15 is 4.39 Å². The molecule has 10 nitrogen and oxygen atoms in total. The zero-order chi connectivity index (χ0) is 28.3. The Labute approximate surface area is 227 Å². The molecule has 11 heteroatoms. The molecule has 0 aliphatic rings. The number of anilines is 4. The number of aromatic nitrogens is 3. The van der Waals surface area contributed by atoms with Crippen molar-refractivity contribution in [2.45, 2.75) is 6.92 Å². The van der Waals surface area contributed by atoms with Crippen molar-refractivity contribution in [2.75, 3.05) is 64.0 Å². The monoisotopic (exact) mass is 535 g/mol. The largest absolute Gasteiger partial charge is 0.490 e. The van der Waals surface area contributed by atoms with Crippen LogP contribution in [0.3, 0.4) is 0 Å². The predicted molar refractivity (Wildman–Crippen MR) is 153 cm³/mol. The molecular formula is C28H34FN7O3. The second-order valence-corrected chi connectivity index (χ2v) is 9.49. The van der Waals surface area contributed by atoms with Crippen LogP contribution < -0.4 is 25.0 Å². The fourth-order valence-electron chi connectivity index (χ4n) is 4.46. The van der Waals surface area contributed by atoms with Crippen molar-refractivity contribution in [3.63, 3.8) is 0 Å². The molecule has 0 atom stereocenters. The molecule has 0 unspecified atom stereocenters. The second kappa shape index (κ2) is 11.6. The number of para-hydroxylation sites is 1. The van der Waals surface area contributed by atoms with Crippen molar-refractivity contribution in [2.24, 2.45) is 7.05 Å². The fourth-order valence-corrected chi connectivity index (χ4v) is 4.46. The number of likely N-dealkylation sites (N-methyl/N-ethyl adjacent to an activating group) is 2. The van der Waals surface area contributed by atoms with Crippen molar-refractivity contribution in [1.29, 1.82) is 0 Å². The molecule has 0 bridgehead atoms. The quantitative estimate of drug-likeness (QED) is 0.307. The Morgan fingerprint density at radius 3 is 2.49 bits per heavy atom. The summed E-state index contributed by atoms with van der Waals surface area (Å²) in [5, 5.41) is 6.81. The van der Waals surface area contributed by atoms with Gasteiger partial charge in [-0.25, -0.2) is 9.37 Å². The first-order valence-electron chi connectivity index (χ1n) is 12.4. The van der Waals surface area contributed by atoms with Crippen molar-refractivity contribution < 1.29 is 18.7 Å². The van der Waals surface area contributed by atoms with Gasteiger partial charge in [0.1, 0.15) is 5.69 Å². The van der Waals surface area contributed by atoms with E-state index in [0.29, 0.717) is 41.6 Å². The smallest absolute Gasteiger partial charge is 0.262 e. The van der Waals surface area contributed by atoms with Crippen molar-refractivity contribution in [3.8, 4) is 22.9 Å². The van der Waals surface area contributed by atoms with Crippen LogP contribution in [0, 0.1) is 5.82 Å². The number of fused-ring (bicyclic) bond motifs is 1. The van der Waals surface area contributed by atoms with Crippen LogP contribution in [0.4, 0.5) is 27.4 Å². The normalized spacial score (nSPS) is 11.1. The summed E-state index contributed by atoms with van der Waals surface area (Å²) in [4.78, 5) is 24.9. The molecule has 2 aromatic carbocycles. The summed E-state index contributed by atoms with van der Waals surface area (Å²) < 4.78 is 28.7. The zero-order valence-electron chi connectivity index (χ0n) is 23.3. The average Bonchev–Trinajstić information content (AvgIpc) is 3.22. The summed E-state index contributed by atoms with van der Waals surface area (Å²) in [7, 11) is 10.7. The first-order chi connectivity index (χ1) is 18.6. The number of benzene rings is 2. The minimum atomic E-state index is -0.500. The molecule has 206 valence electrons. The molecule has 0 radical (unpaired) electrons. The molecule has 4 rings (SSSR count). The summed E-state index contributed by atoms with van der Waals surface area (Å²) >= 11 is 0. The first kappa shape index (κ1) is 27.6. The van der Waals surface area contributed by atoms with Crippen LogP contribution in [-0.4, -0.2) is 73.8 Å². The summed E-state index contributed by atoms with van der Waals surface area (Å²) in [5.41, 5.74) is 3.36. The molecule has 2 N–H and O–H groups in total. The summed E-state index contributed by atoms with van der Waals surface area (Å²) in [6, 6.07) is 11.0. The number of halogens is 1. The molecule has 39 heavy (non-hydrogen) atoms. The predicted octanol–water partition coefficient (Wildman–Crippen LogP) is 4.49. The van der Waals surface area contributed by atoms with Gasteiger partial charge in [0.25, 0.3) is 5.88 Å². The van der Waals surface area contributed by atoms with Crippen LogP contribution in [0.5, 0.6) is 11.6 Å². The highest BCUT2D eigenvalue weighted by Crippen LogP contribution is 2.41. The SMILES string of the molecule is COc1nc(Nc2cc(F)c(N(C)CCN(C)C)c(NC(C)=O)c2)nc(-c2cn(C)c3ccccc23)c1OC. The molecule has 0 spiro atoms. The molecule has 1 amide bonds. The lowest BCUT2D eigenvalue weighted by molar-refractivity contribution is -0.114. The zero-order valence-corrected chi connectivity index (χ0v) is 23.3. The lowest BCUT2D eigenvalue weighted by Crippen LogP contribution is -2.30. The maximum atomic E-state index is 15.5. The van der Waals surface area contributed by atoms with Gasteiger partial charge in [-0.3, -0.25) is 4.79 Å². The van der Waals surface area contributed by atoms with Gasteiger partial charge in [0, 0.05) is 62.5 Å². The molecule has 2 aromatic heterocycles. The van der Waals surface area contributed by atoms with Gasteiger partial charge < -0.3 is 34.5 Å².